The van der Waals surface area contributed by atoms with Gasteiger partial charge in [-0.15, -0.1) is 6.58 Å². The fourth-order valence-corrected chi connectivity index (χ4v) is 3.35. The molecule has 3 atom stereocenters. The van der Waals surface area contributed by atoms with Gasteiger partial charge in [0.15, 0.2) is 0 Å². The van der Waals surface area contributed by atoms with E-state index < -0.39 is 24.7 Å². The highest BCUT2D eigenvalue weighted by Crippen LogP contribution is 2.16. The molecule has 0 aliphatic heterocycles. The van der Waals surface area contributed by atoms with Crippen LogP contribution in [-0.4, -0.2) is 39.9 Å². The molecule has 164 valence electrons. The van der Waals surface area contributed by atoms with Crippen LogP contribution in [0.1, 0.15) is 96.8 Å². The van der Waals surface area contributed by atoms with Crippen molar-refractivity contribution in [2.24, 2.45) is 5.92 Å². The molecule has 0 aliphatic carbocycles. The molecule has 0 radical (unpaired) electrons. The van der Waals surface area contributed by atoms with Crippen molar-refractivity contribution >= 4 is 5.78 Å². The molecule has 0 aromatic carbocycles. The Morgan fingerprint density at radius 1 is 0.857 bits per heavy atom. The van der Waals surface area contributed by atoms with Gasteiger partial charge in [-0.25, -0.2) is 0 Å². The summed E-state index contributed by atoms with van der Waals surface area (Å²) in [6.45, 7) is 5.25. The lowest BCUT2D eigenvalue weighted by Gasteiger charge is -2.22. The molecular weight excluding hydrogens is 352 g/mol. The first-order valence-corrected chi connectivity index (χ1v) is 11.4. The Morgan fingerprint density at radius 3 is 1.86 bits per heavy atom. The summed E-state index contributed by atoms with van der Waals surface area (Å²) in [5.74, 6) is -0.924. The maximum absolute atomic E-state index is 12.1. The van der Waals surface area contributed by atoms with E-state index in [1.165, 1.54) is 63.9 Å². The zero-order valence-corrected chi connectivity index (χ0v) is 18.0. The lowest BCUT2D eigenvalue weighted by molar-refractivity contribution is -0.128. The number of carbonyl (C=O) groups excluding carboxylic acids is 1. The van der Waals surface area contributed by atoms with Crippen LogP contribution in [0.25, 0.3) is 0 Å². The van der Waals surface area contributed by atoms with Crippen molar-refractivity contribution in [1.29, 1.82) is 0 Å². The number of hydrogen-bond acceptors (Lipinski definition) is 4. The third-order valence-electron chi connectivity index (χ3n) is 5.26. The number of unbranched alkanes of at least 4 members (excludes halogenated alkanes) is 11. The van der Waals surface area contributed by atoms with E-state index in [-0.39, 0.29) is 5.78 Å². The summed E-state index contributed by atoms with van der Waals surface area (Å²) in [7, 11) is 0. The number of rotatable bonds is 20. The van der Waals surface area contributed by atoms with Gasteiger partial charge in [-0.1, -0.05) is 76.5 Å². The summed E-state index contributed by atoms with van der Waals surface area (Å²) in [6.07, 6.45) is 19.5. The number of carbonyl (C=O) groups is 1. The van der Waals surface area contributed by atoms with Crippen molar-refractivity contribution in [2.75, 3.05) is 6.61 Å². The fourth-order valence-electron chi connectivity index (χ4n) is 3.35. The highest BCUT2D eigenvalue weighted by molar-refractivity contribution is 5.83. The largest absolute Gasteiger partial charge is 0.394 e. The van der Waals surface area contributed by atoms with Crippen LogP contribution < -0.4 is 0 Å². The molecule has 0 aliphatic rings. The highest BCUT2D eigenvalue weighted by Gasteiger charge is 2.28. The maximum atomic E-state index is 12.1. The molecule has 0 aromatic rings. The van der Waals surface area contributed by atoms with Gasteiger partial charge in [-0.3, -0.25) is 4.79 Å². The SMILES string of the molecule is C=CC(C(=O)CCCCCCC/C=C\CCCCCCCC)C(O)C(O)CO. The number of Topliss-reactive ketones (excluding diaryl/α,β-unsaturated/α-hetero) is 1. The smallest absolute Gasteiger partial charge is 0.142 e. The Labute approximate surface area is 172 Å². The first-order valence-electron chi connectivity index (χ1n) is 11.4. The molecule has 0 aromatic heterocycles. The second-order valence-electron chi connectivity index (χ2n) is 7.80. The van der Waals surface area contributed by atoms with Crippen LogP contribution in [0, 0.1) is 5.92 Å². The van der Waals surface area contributed by atoms with Crippen LogP contribution in [0.5, 0.6) is 0 Å². The molecule has 4 nitrogen and oxygen atoms in total. The molecule has 0 bridgehead atoms. The van der Waals surface area contributed by atoms with E-state index in [4.69, 9.17) is 5.11 Å². The molecule has 4 heteroatoms. The molecule has 0 spiro atoms. The van der Waals surface area contributed by atoms with Gasteiger partial charge < -0.3 is 15.3 Å². The van der Waals surface area contributed by atoms with Gasteiger partial charge in [0.25, 0.3) is 0 Å². The summed E-state index contributed by atoms with van der Waals surface area (Å²) in [5.41, 5.74) is 0. The van der Waals surface area contributed by atoms with E-state index >= 15 is 0 Å². The molecule has 0 heterocycles. The van der Waals surface area contributed by atoms with Gasteiger partial charge in [-0.05, 0) is 32.1 Å². The zero-order valence-electron chi connectivity index (χ0n) is 18.0. The molecule has 3 unspecified atom stereocenters. The van der Waals surface area contributed by atoms with Gasteiger partial charge in [0.05, 0.1) is 18.6 Å². The predicted molar refractivity (Wildman–Crippen MR) is 117 cm³/mol. The van der Waals surface area contributed by atoms with E-state index in [0.717, 1.165) is 25.7 Å². The van der Waals surface area contributed by atoms with Gasteiger partial charge in [-0.2, -0.15) is 0 Å². The van der Waals surface area contributed by atoms with Crippen molar-refractivity contribution in [2.45, 2.75) is 109 Å². The molecule has 0 saturated carbocycles. The van der Waals surface area contributed by atoms with E-state index in [9.17, 15) is 15.0 Å². The summed E-state index contributed by atoms with van der Waals surface area (Å²) in [6, 6.07) is 0. The Bertz CT molecular complexity index is 405. The van der Waals surface area contributed by atoms with Gasteiger partial charge in [0, 0.05) is 6.42 Å². The van der Waals surface area contributed by atoms with Crippen molar-refractivity contribution in [3.05, 3.63) is 24.8 Å². The third kappa shape index (κ3) is 14.1. The number of ketones is 1. The predicted octanol–water partition coefficient (Wildman–Crippen LogP) is 5.11. The topological polar surface area (TPSA) is 77.8 Å². The molecule has 0 saturated heterocycles. The summed E-state index contributed by atoms with van der Waals surface area (Å²) in [5, 5.41) is 28.2. The van der Waals surface area contributed by atoms with Crippen LogP contribution in [0.3, 0.4) is 0 Å². The van der Waals surface area contributed by atoms with Crippen LogP contribution in [-0.2, 0) is 4.79 Å². The van der Waals surface area contributed by atoms with E-state index in [1.54, 1.807) is 0 Å². The standard InChI is InChI=1S/C24H44O4/c1-3-5-6-7-8-9-10-11-12-13-14-15-16-17-18-19-22(26)21(4-2)24(28)23(27)20-25/h4,11-12,21,23-25,27-28H,2-3,5-10,13-20H2,1H3/b12-11-. The van der Waals surface area contributed by atoms with Crippen molar-refractivity contribution < 1.29 is 20.1 Å². The Morgan fingerprint density at radius 2 is 1.36 bits per heavy atom. The quantitative estimate of drug-likeness (QED) is 0.197. The minimum Gasteiger partial charge on any atom is -0.394 e. The Hall–Kier alpha value is -0.970. The van der Waals surface area contributed by atoms with Crippen molar-refractivity contribution in [1.82, 2.24) is 0 Å². The average molecular weight is 397 g/mol. The van der Waals surface area contributed by atoms with Gasteiger partial charge in [0.2, 0.25) is 0 Å². The molecule has 3 N–H and O–H groups in total. The average Bonchev–Trinajstić information content (AvgIpc) is 2.70. The van der Waals surface area contributed by atoms with Crippen LogP contribution in [0.4, 0.5) is 0 Å². The molecule has 0 rings (SSSR count). The van der Waals surface area contributed by atoms with Gasteiger partial charge in [0.1, 0.15) is 11.9 Å². The Kier molecular flexibility index (Phi) is 18.7. The molecule has 28 heavy (non-hydrogen) atoms. The monoisotopic (exact) mass is 396 g/mol. The third-order valence-corrected chi connectivity index (χ3v) is 5.26. The van der Waals surface area contributed by atoms with E-state index in [1.807, 2.05) is 0 Å². The van der Waals surface area contributed by atoms with E-state index in [0.29, 0.717) is 6.42 Å². The maximum Gasteiger partial charge on any atom is 0.142 e. The minimum atomic E-state index is -1.30. The summed E-state index contributed by atoms with van der Waals surface area (Å²) >= 11 is 0. The molecular formula is C24H44O4. The second kappa shape index (κ2) is 19.4. The number of aliphatic hydroxyl groups is 3. The number of hydrogen-bond donors (Lipinski definition) is 3. The van der Waals surface area contributed by atoms with Crippen LogP contribution in [0.15, 0.2) is 24.8 Å². The second-order valence-corrected chi connectivity index (χ2v) is 7.80. The minimum absolute atomic E-state index is 0.118. The molecule has 0 fully saturated rings. The van der Waals surface area contributed by atoms with Crippen LogP contribution >= 0.6 is 0 Å². The lowest BCUT2D eigenvalue weighted by Crippen LogP contribution is -2.38. The highest BCUT2D eigenvalue weighted by atomic mass is 16.4. The fraction of sp³-hybridized carbons (Fsp3) is 0.792. The molecule has 0 amide bonds. The summed E-state index contributed by atoms with van der Waals surface area (Å²) < 4.78 is 0. The van der Waals surface area contributed by atoms with Crippen molar-refractivity contribution in [3.8, 4) is 0 Å². The number of aliphatic hydroxyl groups excluding tert-OH is 3. The lowest BCUT2D eigenvalue weighted by atomic mass is 9.91. The first-order chi connectivity index (χ1) is 13.6. The zero-order chi connectivity index (χ0) is 21.0. The van der Waals surface area contributed by atoms with Gasteiger partial charge >= 0.3 is 0 Å². The first kappa shape index (κ1) is 27.0. The number of allylic oxidation sites excluding steroid dienone is 2. The van der Waals surface area contributed by atoms with Crippen molar-refractivity contribution in [3.63, 3.8) is 0 Å². The Balaban J connectivity index is 3.59. The summed E-state index contributed by atoms with van der Waals surface area (Å²) in [4.78, 5) is 12.1. The van der Waals surface area contributed by atoms with E-state index in [2.05, 4.69) is 25.7 Å². The van der Waals surface area contributed by atoms with Crippen LogP contribution in [0.2, 0.25) is 0 Å². The normalized spacial score (nSPS) is 14.9.